The summed E-state index contributed by atoms with van der Waals surface area (Å²) in [5.74, 6) is 1.04. The third kappa shape index (κ3) is 4.64. The number of rotatable bonds is 4. The molecule has 0 aliphatic rings. The van der Waals surface area contributed by atoms with Crippen LogP contribution in [0.5, 0.6) is 0 Å². The molecule has 0 radical (unpaired) electrons. The zero-order valence-electron chi connectivity index (χ0n) is 10.2. The van der Waals surface area contributed by atoms with Gasteiger partial charge in [0.05, 0.1) is 0 Å². The first-order valence-electron chi connectivity index (χ1n) is 5.44. The van der Waals surface area contributed by atoms with Crippen LogP contribution in [0.2, 0.25) is 0 Å². The summed E-state index contributed by atoms with van der Waals surface area (Å²) in [6.45, 7) is 1.83. The number of halogens is 1. The van der Waals surface area contributed by atoms with Crippen molar-refractivity contribution in [3.63, 3.8) is 0 Å². The highest BCUT2D eigenvalue weighted by Crippen LogP contribution is 2.19. The normalized spacial score (nSPS) is 11.2. The molecule has 2 amide bonds. The minimum Gasteiger partial charge on any atom is -0.480 e. The van der Waals surface area contributed by atoms with Crippen molar-refractivity contribution in [1.29, 1.82) is 0 Å². The van der Waals surface area contributed by atoms with E-state index in [0.29, 0.717) is 5.69 Å². The number of hydrogen-bond donors (Lipinski definition) is 3. The molecule has 0 spiro atoms. The van der Waals surface area contributed by atoms with E-state index in [1.165, 1.54) is 0 Å². The van der Waals surface area contributed by atoms with Gasteiger partial charge in [-0.2, -0.15) is 0 Å². The third-order valence-electron chi connectivity index (χ3n) is 2.36. The lowest BCUT2D eigenvalue weighted by Gasteiger charge is -2.14. The van der Waals surface area contributed by atoms with E-state index in [2.05, 4.69) is 32.5 Å². The summed E-state index contributed by atoms with van der Waals surface area (Å²) in [6, 6.07) is 3.63. The standard InChI is InChI=1S/C13H13BrN2O3/c1-3-4-11(12(17)18)16-13(19)15-10-6-5-9(14)7-8(10)2/h1,5-7,11H,4H2,2H3,(H,17,18)(H2,15,16,19). The Bertz CT molecular complexity index is 537. The van der Waals surface area contributed by atoms with Crippen molar-refractivity contribution in [3.05, 3.63) is 28.2 Å². The number of carbonyl (C=O) groups is 2. The molecular formula is C13H13BrN2O3. The number of anilines is 1. The largest absolute Gasteiger partial charge is 0.480 e. The Kier molecular flexibility index (Phi) is 5.39. The average Bonchev–Trinajstić information content (AvgIpc) is 2.32. The molecule has 0 aliphatic carbocycles. The average molecular weight is 325 g/mol. The molecule has 1 rings (SSSR count). The maximum Gasteiger partial charge on any atom is 0.327 e. The second kappa shape index (κ2) is 6.81. The smallest absolute Gasteiger partial charge is 0.327 e. The third-order valence-corrected chi connectivity index (χ3v) is 2.86. The van der Waals surface area contributed by atoms with Gasteiger partial charge in [0.15, 0.2) is 0 Å². The van der Waals surface area contributed by atoms with Gasteiger partial charge in [-0.1, -0.05) is 15.9 Å². The molecule has 19 heavy (non-hydrogen) atoms. The maximum atomic E-state index is 11.7. The highest BCUT2D eigenvalue weighted by Gasteiger charge is 2.18. The number of nitrogens with one attached hydrogen (secondary N) is 2. The first-order valence-corrected chi connectivity index (χ1v) is 6.23. The molecule has 5 nitrogen and oxygen atoms in total. The summed E-state index contributed by atoms with van der Waals surface area (Å²) in [6.07, 6.45) is 4.98. The quantitative estimate of drug-likeness (QED) is 0.744. The Morgan fingerprint density at radius 3 is 2.74 bits per heavy atom. The maximum absolute atomic E-state index is 11.7. The van der Waals surface area contributed by atoms with E-state index in [0.717, 1.165) is 10.0 Å². The summed E-state index contributed by atoms with van der Waals surface area (Å²) in [5.41, 5.74) is 1.46. The van der Waals surface area contributed by atoms with Gasteiger partial charge in [-0.05, 0) is 30.7 Å². The SMILES string of the molecule is C#CCC(NC(=O)Nc1ccc(Br)cc1C)C(=O)O. The molecule has 0 aliphatic heterocycles. The van der Waals surface area contributed by atoms with Gasteiger partial charge in [0.25, 0.3) is 0 Å². The number of benzene rings is 1. The second-order valence-electron chi connectivity index (χ2n) is 3.86. The Hall–Kier alpha value is -2.00. The van der Waals surface area contributed by atoms with Gasteiger partial charge in [0, 0.05) is 16.6 Å². The zero-order chi connectivity index (χ0) is 14.4. The minimum atomic E-state index is -1.17. The lowest BCUT2D eigenvalue weighted by molar-refractivity contribution is -0.139. The van der Waals surface area contributed by atoms with Crippen LogP contribution in [0, 0.1) is 19.3 Å². The molecule has 0 aromatic heterocycles. The lowest BCUT2D eigenvalue weighted by Crippen LogP contribution is -2.42. The van der Waals surface area contributed by atoms with Crippen molar-refractivity contribution in [2.45, 2.75) is 19.4 Å². The van der Waals surface area contributed by atoms with Crippen molar-refractivity contribution < 1.29 is 14.7 Å². The van der Waals surface area contributed by atoms with Gasteiger partial charge in [0.2, 0.25) is 0 Å². The number of aryl methyl sites for hydroxylation is 1. The predicted molar refractivity (Wildman–Crippen MR) is 75.9 cm³/mol. The van der Waals surface area contributed by atoms with Crippen LogP contribution in [0.25, 0.3) is 0 Å². The van der Waals surface area contributed by atoms with E-state index in [1.807, 2.05) is 13.0 Å². The Morgan fingerprint density at radius 1 is 1.53 bits per heavy atom. The number of carboxylic acids is 1. The molecule has 1 atom stereocenters. The summed E-state index contributed by atoms with van der Waals surface area (Å²) < 4.78 is 0.895. The minimum absolute atomic E-state index is 0.0674. The number of carbonyl (C=O) groups excluding carboxylic acids is 1. The Balaban J connectivity index is 2.69. The fourth-order valence-electron chi connectivity index (χ4n) is 1.40. The van der Waals surface area contributed by atoms with Crippen LogP contribution in [-0.2, 0) is 4.79 Å². The van der Waals surface area contributed by atoms with Gasteiger partial charge >= 0.3 is 12.0 Å². The number of amides is 2. The summed E-state index contributed by atoms with van der Waals surface area (Å²) in [5, 5.41) is 13.7. The van der Waals surface area contributed by atoms with Gasteiger partial charge in [-0.3, -0.25) is 0 Å². The summed E-state index contributed by atoms with van der Waals surface area (Å²) >= 11 is 3.31. The molecule has 3 N–H and O–H groups in total. The van der Waals surface area contributed by atoms with Crippen LogP contribution in [0.4, 0.5) is 10.5 Å². The summed E-state index contributed by atoms with van der Waals surface area (Å²) in [4.78, 5) is 22.5. The summed E-state index contributed by atoms with van der Waals surface area (Å²) in [7, 11) is 0. The fourth-order valence-corrected chi connectivity index (χ4v) is 1.88. The van der Waals surface area contributed by atoms with E-state index in [-0.39, 0.29) is 6.42 Å². The Labute approximate surface area is 119 Å². The monoisotopic (exact) mass is 324 g/mol. The number of terminal acetylenes is 1. The van der Waals surface area contributed by atoms with Crippen molar-refractivity contribution in [1.82, 2.24) is 5.32 Å². The van der Waals surface area contributed by atoms with Crippen molar-refractivity contribution in [3.8, 4) is 12.3 Å². The topological polar surface area (TPSA) is 78.4 Å². The molecule has 0 heterocycles. The van der Waals surface area contributed by atoms with E-state index in [4.69, 9.17) is 11.5 Å². The van der Waals surface area contributed by atoms with Crippen LogP contribution >= 0.6 is 15.9 Å². The molecule has 0 saturated heterocycles. The van der Waals surface area contributed by atoms with Crippen LogP contribution in [0.3, 0.4) is 0 Å². The second-order valence-corrected chi connectivity index (χ2v) is 4.77. The lowest BCUT2D eigenvalue weighted by atomic mass is 10.2. The van der Waals surface area contributed by atoms with Gasteiger partial charge in [-0.15, -0.1) is 12.3 Å². The van der Waals surface area contributed by atoms with Crippen molar-refractivity contribution >= 4 is 33.6 Å². The number of hydrogen-bond acceptors (Lipinski definition) is 2. The highest BCUT2D eigenvalue weighted by atomic mass is 79.9. The number of carboxylic acid groups (broad SMARTS) is 1. The van der Waals surface area contributed by atoms with Gasteiger partial charge in [-0.25, -0.2) is 9.59 Å². The van der Waals surface area contributed by atoms with Crippen molar-refractivity contribution in [2.24, 2.45) is 0 Å². The molecule has 1 aromatic rings. The highest BCUT2D eigenvalue weighted by molar-refractivity contribution is 9.10. The van der Waals surface area contributed by atoms with E-state index in [9.17, 15) is 9.59 Å². The molecule has 100 valence electrons. The first-order chi connectivity index (χ1) is 8.93. The van der Waals surface area contributed by atoms with E-state index >= 15 is 0 Å². The first kappa shape index (κ1) is 15.1. The van der Waals surface area contributed by atoms with Crippen molar-refractivity contribution in [2.75, 3.05) is 5.32 Å². The fraction of sp³-hybridized carbons (Fsp3) is 0.231. The Morgan fingerprint density at radius 2 is 2.21 bits per heavy atom. The molecule has 0 bridgehead atoms. The number of aliphatic carboxylic acids is 1. The van der Waals surface area contributed by atoms with E-state index in [1.54, 1.807) is 12.1 Å². The predicted octanol–water partition coefficient (Wildman–Crippen LogP) is 2.36. The van der Waals surface area contributed by atoms with Crippen LogP contribution in [0.15, 0.2) is 22.7 Å². The van der Waals surface area contributed by atoms with E-state index < -0.39 is 18.0 Å². The molecule has 0 fully saturated rings. The van der Waals surface area contributed by atoms with Crippen LogP contribution in [-0.4, -0.2) is 23.1 Å². The zero-order valence-corrected chi connectivity index (χ0v) is 11.8. The molecule has 6 heteroatoms. The van der Waals surface area contributed by atoms with Crippen LogP contribution in [0.1, 0.15) is 12.0 Å². The molecular weight excluding hydrogens is 312 g/mol. The van der Waals surface area contributed by atoms with Gasteiger partial charge in [0.1, 0.15) is 6.04 Å². The van der Waals surface area contributed by atoms with Gasteiger partial charge < -0.3 is 15.7 Å². The number of urea groups is 1. The molecule has 0 saturated carbocycles. The van der Waals surface area contributed by atoms with Crippen LogP contribution < -0.4 is 10.6 Å². The molecule has 1 unspecified atom stereocenters. The molecule has 1 aromatic carbocycles.